The summed E-state index contributed by atoms with van der Waals surface area (Å²) in [7, 11) is -0.473. The molecule has 2 aliphatic rings. The molecule has 2 N–H and O–H groups in total. The topological polar surface area (TPSA) is 103 Å². The second kappa shape index (κ2) is 7.28. The van der Waals surface area contributed by atoms with Crippen LogP contribution in [0.2, 0.25) is 0 Å². The Balaban J connectivity index is 1.44. The van der Waals surface area contributed by atoms with E-state index in [9.17, 15) is 9.59 Å². The van der Waals surface area contributed by atoms with Crippen molar-refractivity contribution in [2.45, 2.75) is 59.2 Å². The number of carbonyl (C=O) groups is 2. The summed E-state index contributed by atoms with van der Waals surface area (Å²) < 4.78 is 17.0. The van der Waals surface area contributed by atoms with Crippen LogP contribution in [0, 0.1) is 18.3 Å². The van der Waals surface area contributed by atoms with Gasteiger partial charge in [-0.2, -0.15) is 0 Å². The predicted molar refractivity (Wildman–Crippen MR) is 98.9 cm³/mol. The summed E-state index contributed by atoms with van der Waals surface area (Å²) in [4.78, 5) is 23.9. The minimum Gasteiger partial charge on any atom is -0.404 e. The Bertz CT molecular complexity index is 722. The summed E-state index contributed by atoms with van der Waals surface area (Å²) in [5.41, 5.74) is 0.0116. The Morgan fingerprint density at radius 1 is 1.33 bits per heavy atom. The Morgan fingerprint density at radius 2 is 2.07 bits per heavy atom. The van der Waals surface area contributed by atoms with Crippen LogP contribution in [0.25, 0.3) is 0 Å². The van der Waals surface area contributed by atoms with Crippen LogP contribution < -0.4 is 10.6 Å². The number of hydrogen-bond acceptors (Lipinski definition) is 6. The minimum atomic E-state index is -0.473. The fraction of sp³-hybridized carbons (Fsp3) is 0.722. The third-order valence-electron chi connectivity index (χ3n) is 5.84. The van der Waals surface area contributed by atoms with Crippen LogP contribution in [0.5, 0.6) is 0 Å². The van der Waals surface area contributed by atoms with Gasteiger partial charge in [-0.1, -0.05) is 25.9 Å². The molecule has 148 valence electrons. The second-order valence-electron chi connectivity index (χ2n) is 8.60. The zero-order valence-corrected chi connectivity index (χ0v) is 16.6. The molecule has 1 saturated heterocycles. The summed E-state index contributed by atoms with van der Waals surface area (Å²) in [6.07, 6.45) is 2.15. The predicted octanol–water partition coefficient (Wildman–Crippen LogP) is 1.49. The zero-order chi connectivity index (χ0) is 19.8. The van der Waals surface area contributed by atoms with E-state index < -0.39 is 13.0 Å². The average Bonchev–Trinajstić information content (AvgIpc) is 3.13. The van der Waals surface area contributed by atoms with E-state index in [1.54, 1.807) is 6.92 Å². The van der Waals surface area contributed by atoms with Crippen molar-refractivity contribution in [2.24, 2.45) is 11.3 Å². The molecular weight excluding hydrogens is 349 g/mol. The van der Waals surface area contributed by atoms with Crippen LogP contribution in [0.3, 0.4) is 0 Å². The third kappa shape index (κ3) is 4.35. The Hall–Kier alpha value is -1.87. The maximum absolute atomic E-state index is 12.0. The molecule has 1 aliphatic carbocycles. The monoisotopic (exact) mass is 377 g/mol. The SMILES string of the molecule is Cc1cc(C(=O)NCC(=O)NCB2O[C@@H]3C[C@H](C)C(C)(C)C[C@]3(C)O2)no1. The molecule has 2 heterocycles. The zero-order valence-electron chi connectivity index (χ0n) is 16.6. The molecule has 27 heavy (non-hydrogen) atoms. The smallest absolute Gasteiger partial charge is 0.404 e. The molecule has 0 spiro atoms. The van der Waals surface area contributed by atoms with Gasteiger partial charge in [0.1, 0.15) is 5.76 Å². The molecule has 3 rings (SSSR count). The fourth-order valence-electron chi connectivity index (χ4n) is 3.98. The van der Waals surface area contributed by atoms with Gasteiger partial charge in [-0.25, -0.2) is 0 Å². The van der Waals surface area contributed by atoms with Crippen LogP contribution in [-0.4, -0.2) is 48.8 Å². The molecule has 0 bridgehead atoms. The molecule has 0 radical (unpaired) electrons. The van der Waals surface area contributed by atoms with Gasteiger partial charge in [0.05, 0.1) is 24.7 Å². The molecule has 1 aromatic heterocycles. The second-order valence-corrected chi connectivity index (χ2v) is 8.60. The van der Waals surface area contributed by atoms with Crippen molar-refractivity contribution >= 4 is 18.9 Å². The average molecular weight is 377 g/mol. The first-order valence-corrected chi connectivity index (χ1v) is 9.40. The highest BCUT2D eigenvalue weighted by molar-refractivity contribution is 6.45. The number of nitrogens with zero attached hydrogens (tertiary/aromatic N) is 1. The summed E-state index contributed by atoms with van der Waals surface area (Å²) in [5, 5.41) is 8.86. The van der Waals surface area contributed by atoms with E-state index in [-0.39, 0.29) is 41.7 Å². The van der Waals surface area contributed by atoms with Crippen molar-refractivity contribution in [1.82, 2.24) is 15.8 Å². The lowest BCUT2D eigenvalue weighted by molar-refractivity contribution is -0.119. The Morgan fingerprint density at radius 3 is 2.74 bits per heavy atom. The van der Waals surface area contributed by atoms with Crippen LogP contribution in [-0.2, 0) is 14.1 Å². The fourth-order valence-corrected chi connectivity index (χ4v) is 3.98. The number of fused-ring (bicyclic) bond motifs is 1. The van der Waals surface area contributed by atoms with Gasteiger partial charge in [0.15, 0.2) is 5.69 Å². The van der Waals surface area contributed by atoms with E-state index in [0.29, 0.717) is 11.7 Å². The summed E-state index contributed by atoms with van der Waals surface area (Å²) >= 11 is 0. The van der Waals surface area contributed by atoms with E-state index in [2.05, 4.69) is 43.5 Å². The summed E-state index contributed by atoms with van der Waals surface area (Å²) in [6.45, 7) is 10.4. The van der Waals surface area contributed by atoms with Gasteiger partial charge in [0, 0.05) is 6.07 Å². The van der Waals surface area contributed by atoms with Gasteiger partial charge in [-0.3, -0.25) is 9.59 Å². The van der Waals surface area contributed by atoms with E-state index in [0.717, 1.165) is 12.8 Å². The van der Waals surface area contributed by atoms with Gasteiger partial charge in [0.2, 0.25) is 5.91 Å². The van der Waals surface area contributed by atoms with Crippen molar-refractivity contribution in [3.8, 4) is 0 Å². The first-order chi connectivity index (χ1) is 12.6. The molecule has 9 heteroatoms. The van der Waals surface area contributed by atoms with Gasteiger partial charge in [0.25, 0.3) is 5.91 Å². The maximum atomic E-state index is 12.0. The molecule has 0 aromatic carbocycles. The lowest BCUT2D eigenvalue weighted by Gasteiger charge is -2.47. The Labute approximate surface area is 159 Å². The van der Waals surface area contributed by atoms with E-state index in [1.807, 2.05) is 0 Å². The summed E-state index contributed by atoms with van der Waals surface area (Å²) in [5.74, 6) is 0.310. The number of nitrogens with one attached hydrogen (secondary N) is 2. The van der Waals surface area contributed by atoms with Gasteiger partial charge in [-0.15, -0.1) is 0 Å². The van der Waals surface area contributed by atoms with Crippen LogP contribution in [0.4, 0.5) is 0 Å². The molecule has 1 saturated carbocycles. The first kappa shape index (κ1) is 19.9. The number of hydrogen-bond donors (Lipinski definition) is 2. The maximum Gasteiger partial charge on any atom is 0.478 e. The lowest BCUT2D eigenvalue weighted by atomic mass is 9.63. The van der Waals surface area contributed by atoms with Gasteiger partial charge in [-0.05, 0) is 38.0 Å². The number of aryl methyl sites for hydroxylation is 1. The molecule has 2 amide bonds. The largest absolute Gasteiger partial charge is 0.478 e. The van der Waals surface area contributed by atoms with Crippen LogP contribution in [0.15, 0.2) is 10.6 Å². The molecule has 3 atom stereocenters. The summed E-state index contributed by atoms with van der Waals surface area (Å²) in [6, 6.07) is 1.51. The number of rotatable bonds is 5. The van der Waals surface area contributed by atoms with Crippen molar-refractivity contribution in [2.75, 3.05) is 13.0 Å². The molecular formula is C18H28BN3O5. The third-order valence-corrected chi connectivity index (χ3v) is 5.84. The number of amides is 2. The van der Waals surface area contributed by atoms with Crippen molar-refractivity contribution in [3.05, 3.63) is 17.5 Å². The first-order valence-electron chi connectivity index (χ1n) is 9.40. The lowest BCUT2D eigenvalue weighted by Crippen LogP contribution is -2.49. The normalized spacial score (nSPS) is 29.3. The van der Waals surface area contributed by atoms with Crippen molar-refractivity contribution < 1.29 is 23.4 Å². The van der Waals surface area contributed by atoms with E-state index in [1.165, 1.54) is 6.07 Å². The van der Waals surface area contributed by atoms with Crippen molar-refractivity contribution in [3.63, 3.8) is 0 Å². The minimum absolute atomic E-state index is 0.0394. The standard InChI is InChI=1S/C18H28BN3O5/c1-11-6-14-18(5,9-17(11,3)4)27-19(25-14)10-21-15(23)8-20-16(24)13-7-12(2)26-22-13/h7,11,14H,6,8-10H2,1-5H3,(H,20,24)(H,21,23)/t11-,14+,18-/m0/s1. The molecule has 1 aliphatic heterocycles. The highest BCUT2D eigenvalue weighted by Crippen LogP contribution is 2.50. The molecule has 0 unspecified atom stereocenters. The van der Waals surface area contributed by atoms with Crippen LogP contribution in [0.1, 0.15) is 56.8 Å². The van der Waals surface area contributed by atoms with E-state index in [4.69, 9.17) is 13.8 Å². The highest BCUT2D eigenvalue weighted by atomic mass is 16.7. The van der Waals surface area contributed by atoms with Gasteiger partial charge < -0.3 is 24.5 Å². The molecule has 8 nitrogen and oxygen atoms in total. The van der Waals surface area contributed by atoms with Gasteiger partial charge >= 0.3 is 7.12 Å². The van der Waals surface area contributed by atoms with E-state index >= 15 is 0 Å². The quantitative estimate of drug-likeness (QED) is 0.754. The van der Waals surface area contributed by atoms with Crippen LogP contribution >= 0.6 is 0 Å². The molecule has 2 fully saturated rings. The van der Waals surface area contributed by atoms with Crippen molar-refractivity contribution in [1.29, 1.82) is 0 Å². The highest BCUT2D eigenvalue weighted by Gasteiger charge is 2.55. The number of carbonyl (C=O) groups excluding carboxylic acids is 2. The molecule has 1 aromatic rings. The Kier molecular flexibility index (Phi) is 5.36. The number of aromatic nitrogens is 1.